The minimum atomic E-state index is -0.0249. The summed E-state index contributed by atoms with van der Waals surface area (Å²) in [5.41, 5.74) is 9.53. The number of nitrogens with one attached hydrogen (secondary N) is 1. The summed E-state index contributed by atoms with van der Waals surface area (Å²) >= 11 is 0. The number of hydrogen-bond donors (Lipinski definition) is 2. The van der Waals surface area contributed by atoms with Gasteiger partial charge in [-0.2, -0.15) is 5.10 Å². The number of aryl methyl sites for hydroxylation is 2. The molecule has 0 bridgehead atoms. The monoisotopic (exact) mass is 399 g/mol. The van der Waals surface area contributed by atoms with E-state index in [0.717, 1.165) is 68.6 Å². The second-order valence-corrected chi connectivity index (χ2v) is 8.64. The van der Waals surface area contributed by atoms with Crippen LogP contribution in [0.5, 0.6) is 0 Å². The Kier molecular flexibility index (Phi) is 6.18. The summed E-state index contributed by atoms with van der Waals surface area (Å²) < 4.78 is 7.39. The lowest BCUT2D eigenvalue weighted by atomic mass is 10.0. The number of nitrogens with two attached hydrogens (primary N) is 1. The normalized spacial score (nSPS) is 24.5. The first-order chi connectivity index (χ1) is 14.0. The standard InChI is InChI=1S/C22H33N5O2/c1-15-3-6-21-19(11-15)20(25-26(21)2)12-24-22(28)16-4-5-17(23)14-27(13-16)18-7-9-29-10-8-18/h3,6,11,16-18H,4-5,7-10,12-14,23H2,1-2H3,(H,24,28)/t16-,17+/m1/s1. The second-order valence-electron chi connectivity index (χ2n) is 8.64. The van der Waals surface area contributed by atoms with Gasteiger partial charge in [0, 0.05) is 50.8 Å². The van der Waals surface area contributed by atoms with E-state index in [9.17, 15) is 4.79 Å². The highest BCUT2D eigenvalue weighted by Crippen LogP contribution is 2.23. The van der Waals surface area contributed by atoms with Crippen LogP contribution in [0.4, 0.5) is 0 Å². The number of aromatic nitrogens is 2. The van der Waals surface area contributed by atoms with Crippen LogP contribution in [0, 0.1) is 12.8 Å². The first-order valence-corrected chi connectivity index (χ1v) is 10.8. The Morgan fingerprint density at radius 1 is 1.24 bits per heavy atom. The van der Waals surface area contributed by atoms with Crippen molar-refractivity contribution in [3.05, 3.63) is 29.5 Å². The number of carbonyl (C=O) groups excluding carboxylic acids is 1. The largest absolute Gasteiger partial charge is 0.381 e. The van der Waals surface area contributed by atoms with Gasteiger partial charge in [0.05, 0.1) is 23.7 Å². The van der Waals surface area contributed by atoms with Crippen molar-refractivity contribution in [1.29, 1.82) is 0 Å². The molecular weight excluding hydrogens is 366 g/mol. The summed E-state index contributed by atoms with van der Waals surface area (Å²) in [6.45, 7) is 5.80. The molecule has 3 N–H and O–H groups in total. The molecule has 2 aliphatic rings. The highest BCUT2D eigenvalue weighted by Gasteiger charge is 2.31. The number of nitrogens with zero attached hydrogens (tertiary/aromatic N) is 3. The van der Waals surface area contributed by atoms with Crippen LogP contribution in [-0.4, -0.2) is 59.0 Å². The zero-order chi connectivity index (χ0) is 20.4. The molecule has 1 aromatic heterocycles. The number of fused-ring (bicyclic) bond motifs is 1. The zero-order valence-electron chi connectivity index (χ0n) is 17.6. The predicted octanol–water partition coefficient (Wildman–Crippen LogP) is 1.72. The number of ether oxygens (including phenoxy) is 1. The quantitative estimate of drug-likeness (QED) is 0.818. The van der Waals surface area contributed by atoms with E-state index in [4.69, 9.17) is 10.5 Å². The predicted molar refractivity (Wildman–Crippen MR) is 113 cm³/mol. The highest BCUT2D eigenvalue weighted by molar-refractivity contribution is 5.84. The number of amides is 1. The van der Waals surface area contributed by atoms with Crippen LogP contribution in [0.15, 0.2) is 18.2 Å². The lowest BCUT2D eigenvalue weighted by Crippen LogP contribution is -2.47. The summed E-state index contributed by atoms with van der Waals surface area (Å²) in [5.74, 6) is 0.0886. The summed E-state index contributed by atoms with van der Waals surface area (Å²) in [6.07, 6.45) is 3.79. The Bertz CT molecular complexity index is 858. The second kappa shape index (κ2) is 8.81. The van der Waals surface area contributed by atoms with E-state index in [0.29, 0.717) is 12.6 Å². The number of rotatable bonds is 4. The molecule has 7 heteroatoms. The van der Waals surface area contributed by atoms with E-state index in [1.54, 1.807) is 0 Å². The van der Waals surface area contributed by atoms with Crippen LogP contribution in [0.1, 0.15) is 36.9 Å². The fraction of sp³-hybridized carbons (Fsp3) is 0.636. The molecule has 2 fully saturated rings. The molecule has 3 heterocycles. The third-order valence-electron chi connectivity index (χ3n) is 6.40. The maximum Gasteiger partial charge on any atom is 0.224 e. The van der Waals surface area contributed by atoms with Crippen molar-refractivity contribution < 1.29 is 9.53 Å². The lowest BCUT2D eigenvalue weighted by Gasteiger charge is -2.35. The number of carbonyl (C=O) groups is 1. The van der Waals surface area contributed by atoms with Gasteiger partial charge in [-0.3, -0.25) is 14.4 Å². The summed E-state index contributed by atoms with van der Waals surface area (Å²) in [7, 11) is 1.95. The maximum atomic E-state index is 13.0. The van der Waals surface area contributed by atoms with Gasteiger partial charge in [0.2, 0.25) is 5.91 Å². The van der Waals surface area contributed by atoms with Gasteiger partial charge in [-0.15, -0.1) is 0 Å². The molecular formula is C22H33N5O2. The molecule has 2 saturated heterocycles. The third kappa shape index (κ3) is 4.63. The van der Waals surface area contributed by atoms with Crippen molar-refractivity contribution in [2.45, 2.75) is 51.2 Å². The number of hydrogen-bond acceptors (Lipinski definition) is 5. The molecule has 4 rings (SSSR count). The van der Waals surface area contributed by atoms with Crippen molar-refractivity contribution in [2.75, 3.05) is 26.3 Å². The van der Waals surface area contributed by atoms with Crippen LogP contribution in [-0.2, 0) is 23.1 Å². The van der Waals surface area contributed by atoms with Crippen LogP contribution in [0.3, 0.4) is 0 Å². The molecule has 0 saturated carbocycles. The van der Waals surface area contributed by atoms with Crippen molar-refractivity contribution in [3.8, 4) is 0 Å². The van der Waals surface area contributed by atoms with Crippen LogP contribution >= 0.6 is 0 Å². The minimum absolute atomic E-state index is 0.0249. The summed E-state index contributed by atoms with van der Waals surface area (Å²) in [4.78, 5) is 15.5. The van der Waals surface area contributed by atoms with E-state index in [-0.39, 0.29) is 17.9 Å². The van der Waals surface area contributed by atoms with Gasteiger partial charge >= 0.3 is 0 Å². The molecule has 0 radical (unpaired) electrons. The van der Waals surface area contributed by atoms with Gasteiger partial charge in [0.1, 0.15) is 0 Å². The lowest BCUT2D eigenvalue weighted by molar-refractivity contribution is -0.126. The Morgan fingerprint density at radius 3 is 2.83 bits per heavy atom. The first-order valence-electron chi connectivity index (χ1n) is 10.8. The first kappa shape index (κ1) is 20.3. The fourth-order valence-corrected chi connectivity index (χ4v) is 4.72. The average Bonchev–Trinajstić information content (AvgIpc) is 2.89. The summed E-state index contributed by atoms with van der Waals surface area (Å²) in [5, 5.41) is 8.89. The fourth-order valence-electron chi connectivity index (χ4n) is 4.72. The molecule has 1 aromatic carbocycles. The molecule has 0 unspecified atom stereocenters. The highest BCUT2D eigenvalue weighted by atomic mass is 16.5. The van der Waals surface area contributed by atoms with Gasteiger partial charge in [0.25, 0.3) is 0 Å². The van der Waals surface area contributed by atoms with Gasteiger partial charge in [0.15, 0.2) is 0 Å². The smallest absolute Gasteiger partial charge is 0.224 e. The van der Waals surface area contributed by atoms with E-state index in [2.05, 4.69) is 40.4 Å². The topological polar surface area (TPSA) is 85.4 Å². The van der Waals surface area contributed by atoms with Gasteiger partial charge < -0.3 is 15.8 Å². The molecule has 2 aromatic rings. The van der Waals surface area contributed by atoms with E-state index in [1.807, 2.05) is 11.7 Å². The molecule has 2 aliphatic heterocycles. The van der Waals surface area contributed by atoms with E-state index < -0.39 is 0 Å². The van der Waals surface area contributed by atoms with Crippen molar-refractivity contribution in [3.63, 3.8) is 0 Å². The number of benzene rings is 1. The zero-order valence-corrected chi connectivity index (χ0v) is 17.6. The minimum Gasteiger partial charge on any atom is -0.381 e. The SMILES string of the molecule is Cc1ccc2c(c1)c(CNC(=O)[C@@H]1CC[C@H](N)CN(C3CCOCC3)C1)nn2C. The van der Waals surface area contributed by atoms with E-state index in [1.165, 1.54) is 5.56 Å². The molecule has 7 nitrogen and oxygen atoms in total. The molecule has 158 valence electrons. The van der Waals surface area contributed by atoms with Gasteiger partial charge in [-0.1, -0.05) is 11.6 Å². The Hall–Kier alpha value is -1.96. The molecule has 29 heavy (non-hydrogen) atoms. The van der Waals surface area contributed by atoms with Crippen LogP contribution < -0.4 is 11.1 Å². The number of likely N-dealkylation sites (tertiary alicyclic amines) is 1. The molecule has 1 amide bonds. The molecule has 2 atom stereocenters. The summed E-state index contributed by atoms with van der Waals surface area (Å²) in [6, 6.07) is 6.93. The van der Waals surface area contributed by atoms with Crippen molar-refractivity contribution in [1.82, 2.24) is 20.0 Å². The Morgan fingerprint density at radius 2 is 2.03 bits per heavy atom. The molecule has 0 spiro atoms. The maximum absolute atomic E-state index is 13.0. The van der Waals surface area contributed by atoms with Crippen molar-refractivity contribution in [2.24, 2.45) is 18.7 Å². The van der Waals surface area contributed by atoms with Crippen molar-refractivity contribution >= 4 is 16.8 Å². The van der Waals surface area contributed by atoms with Gasteiger partial charge in [-0.05, 0) is 44.7 Å². The third-order valence-corrected chi connectivity index (χ3v) is 6.40. The van der Waals surface area contributed by atoms with Crippen LogP contribution in [0.2, 0.25) is 0 Å². The van der Waals surface area contributed by atoms with Crippen LogP contribution in [0.25, 0.3) is 10.9 Å². The van der Waals surface area contributed by atoms with E-state index >= 15 is 0 Å². The van der Waals surface area contributed by atoms with Gasteiger partial charge in [-0.25, -0.2) is 0 Å². The average molecular weight is 400 g/mol. The Labute approximate surface area is 172 Å². The Balaban J connectivity index is 1.42. The molecule has 0 aliphatic carbocycles.